The van der Waals surface area contributed by atoms with Crippen molar-refractivity contribution in [3.8, 4) is 11.1 Å². The van der Waals surface area contributed by atoms with Crippen LogP contribution in [0.2, 0.25) is 0 Å². The van der Waals surface area contributed by atoms with Crippen molar-refractivity contribution in [2.75, 3.05) is 9.80 Å². The number of fused-ring (bicyclic) bond motifs is 13. The molecule has 0 bridgehead atoms. The van der Waals surface area contributed by atoms with Crippen LogP contribution in [0.1, 0.15) is 60.2 Å². The molecule has 2 aliphatic carbocycles. The van der Waals surface area contributed by atoms with Crippen LogP contribution in [0.3, 0.4) is 0 Å². The topological polar surface area (TPSA) is 6.48 Å². The van der Waals surface area contributed by atoms with Crippen molar-refractivity contribution < 1.29 is 0 Å². The van der Waals surface area contributed by atoms with Crippen molar-refractivity contribution in [3.63, 3.8) is 0 Å². The number of nitrogens with zero attached hydrogens (tertiary/aromatic N) is 2. The molecule has 262 valence electrons. The predicted molar refractivity (Wildman–Crippen MR) is 229 cm³/mol. The first kappa shape index (κ1) is 31.8. The van der Waals surface area contributed by atoms with E-state index in [1.807, 2.05) is 11.8 Å². The largest absolute Gasteiger partial charge is 0.355 e. The molecule has 0 spiro atoms. The zero-order valence-electron chi connectivity index (χ0n) is 30.1. The number of thioether (sulfide) groups is 3. The number of hydrogen-bond donors (Lipinski definition) is 0. The van der Waals surface area contributed by atoms with Crippen LogP contribution in [0.5, 0.6) is 0 Å². The average molecular weight is 751 g/mol. The highest BCUT2D eigenvalue weighted by Crippen LogP contribution is 2.66. The first-order valence-electron chi connectivity index (χ1n) is 19.1. The number of anilines is 3. The SMILES string of the molecule is CC1(C)c2ccccc2-c2cc(N(C3=CCC4Sc5ccccc5C4=C3)c3ccc(N4C5c6ccccc6SC5C5Sc6ccccc6C54)cc3)ccc21. The van der Waals surface area contributed by atoms with E-state index in [0.29, 0.717) is 27.8 Å². The Labute approximate surface area is 330 Å². The van der Waals surface area contributed by atoms with Crippen molar-refractivity contribution >= 4 is 57.9 Å². The zero-order valence-corrected chi connectivity index (χ0v) is 32.6. The fourth-order valence-electron chi connectivity index (χ4n) is 10.3. The van der Waals surface area contributed by atoms with Crippen LogP contribution in [0.25, 0.3) is 16.7 Å². The Morgan fingerprint density at radius 2 is 1.17 bits per heavy atom. The highest BCUT2D eigenvalue weighted by molar-refractivity contribution is 8.04. The van der Waals surface area contributed by atoms with Crippen molar-refractivity contribution in [2.45, 2.75) is 68.2 Å². The minimum Gasteiger partial charge on any atom is -0.355 e. The second-order valence-electron chi connectivity index (χ2n) is 15.9. The third-order valence-corrected chi connectivity index (χ3v) is 17.1. The number of allylic oxidation sites excluding steroid dienone is 2. The molecule has 1 fully saturated rings. The number of rotatable bonds is 4. The summed E-state index contributed by atoms with van der Waals surface area (Å²) in [7, 11) is 0. The van der Waals surface area contributed by atoms with E-state index in [1.54, 1.807) is 0 Å². The molecule has 0 amide bonds. The van der Waals surface area contributed by atoms with Crippen LogP contribution in [-0.4, -0.2) is 15.7 Å². The lowest BCUT2D eigenvalue weighted by Gasteiger charge is -2.34. The molecule has 0 radical (unpaired) electrons. The maximum absolute atomic E-state index is 2.77. The van der Waals surface area contributed by atoms with Gasteiger partial charge >= 0.3 is 0 Å². The molecule has 4 heterocycles. The molecule has 12 rings (SSSR count). The predicted octanol–water partition coefficient (Wildman–Crippen LogP) is 13.2. The number of benzene rings is 6. The van der Waals surface area contributed by atoms with E-state index < -0.39 is 0 Å². The Hall–Kier alpha value is -4.55. The third kappa shape index (κ3) is 4.46. The van der Waals surface area contributed by atoms with E-state index in [9.17, 15) is 0 Å². The molecule has 0 N–H and O–H groups in total. The van der Waals surface area contributed by atoms with Gasteiger partial charge in [0.15, 0.2) is 0 Å². The summed E-state index contributed by atoms with van der Waals surface area (Å²) in [5, 5.41) is 1.50. The summed E-state index contributed by atoms with van der Waals surface area (Å²) in [5.74, 6) is 0. The van der Waals surface area contributed by atoms with Crippen LogP contribution in [0.15, 0.2) is 172 Å². The van der Waals surface area contributed by atoms with Gasteiger partial charge in [-0.15, -0.1) is 35.3 Å². The van der Waals surface area contributed by atoms with Gasteiger partial charge in [-0.25, -0.2) is 0 Å². The summed E-state index contributed by atoms with van der Waals surface area (Å²) < 4.78 is 0. The Morgan fingerprint density at radius 3 is 1.89 bits per heavy atom. The molecular weight excluding hydrogens is 713 g/mol. The van der Waals surface area contributed by atoms with Crippen LogP contribution in [0, 0.1) is 0 Å². The standard InChI is InChI=1S/C49H38N2S3/c1-49(2)39-15-7-3-11-33(39)37-27-31(23-25-40(37)49)50(32-24-26-44-38(28-32)34-12-4-8-16-41(34)52-44)29-19-21-30(22-20-29)51-45-35-13-5-9-17-42(35)53-47(45)48-46(51)36-14-6-10-18-43(36)54-48/h3-25,27-28,44-48H,26H2,1-2H3. The molecule has 5 heteroatoms. The molecule has 6 aromatic carbocycles. The number of hydrogen-bond acceptors (Lipinski definition) is 5. The van der Waals surface area contributed by atoms with E-state index in [2.05, 4.69) is 199 Å². The summed E-state index contributed by atoms with van der Waals surface area (Å²) in [6.45, 7) is 4.74. The van der Waals surface area contributed by atoms with Gasteiger partial charge in [0.25, 0.3) is 0 Å². The second kappa shape index (κ2) is 11.7. The molecule has 4 aliphatic heterocycles. The molecule has 6 aromatic rings. The second-order valence-corrected chi connectivity index (χ2v) is 19.5. The van der Waals surface area contributed by atoms with Gasteiger partial charge in [-0.2, -0.15) is 0 Å². The molecular formula is C49H38N2S3. The minimum absolute atomic E-state index is 0.0270. The average Bonchev–Trinajstić information content (AvgIpc) is 3.99. The van der Waals surface area contributed by atoms with Gasteiger partial charge in [0.1, 0.15) is 0 Å². The van der Waals surface area contributed by atoms with Gasteiger partial charge in [0.05, 0.1) is 12.1 Å². The van der Waals surface area contributed by atoms with E-state index >= 15 is 0 Å². The Bertz CT molecular complexity index is 2540. The molecule has 5 unspecified atom stereocenters. The Kier molecular flexibility index (Phi) is 6.90. The van der Waals surface area contributed by atoms with E-state index in [0.717, 1.165) is 6.42 Å². The molecule has 0 saturated carbocycles. The van der Waals surface area contributed by atoms with Crippen molar-refractivity contribution in [3.05, 3.63) is 185 Å². The summed E-state index contributed by atoms with van der Waals surface area (Å²) >= 11 is 6.21. The van der Waals surface area contributed by atoms with Crippen molar-refractivity contribution in [1.29, 1.82) is 0 Å². The fraction of sp³-hybridized carbons (Fsp3) is 0.184. The maximum Gasteiger partial charge on any atom is 0.0694 e. The van der Waals surface area contributed by atoms with Crippen LogP contribution < -0.4 is 9.80 Å². The normalized spacial score (nSPS) is 24.3. The van der Waals surface area contributed by atoms with Gasteiger partial charge in [-0.05, 0) is 112 Å². The van der Waals surface area contributed by atoms with Gasteiger partial charge in [0, 0.05) is 58.6 Å². The third-order valence-electron chi connectivity index (χ3n) is 12.7. The van der Waals surface area contributed by atoms with Crippen LogP contribution >= 0.6 is 35.3 Å². The molecule has 2 nitrogen and oxygen atoms in total. The molecule has 1 saturated heterocycles. The fourth-order valence-corrected chi connectivity index (χ4v) is 14.8. The molecule has 6 aliphatic rings. The molecule has 54 heavy (non-hydrogen) atoms. The van der Waals surface area contributed by atoms with Crippen molar-refractivity contribution in [2.24, 2.45) is 0 Å². The summed E-state index contributed by atoms with van der Waals surface area (Å²) in [6, 6.07) is 53.7. The van der Waals surface area contributed by atoms with Crippen molar-refractivity contribution in [1.82, 2.24) is 0 Å². The highest BCUT2D eigenvalue weighted by Gasteiger charge is 2.57. The first-order valence-corrected chi connectivity index (χ1v) is 21.8. The van der Waals surface area contributed by atoms with Gasteiger partial charge in [-0.1, -0.05) is 105 Å². The smallest absolute Gasteiger partial charge is 0.0694 e. The zero-order chi connectivity index (χ0) is 35.7. The Morgan fingerprint density at radius 1 is 0.574 bits per heavy atom. The van der Waals surface area contributed by atoms with Crippen LogP contribution in [-0.2, 0) is 5.41 Å². The maximum atomic E-state index is 2.77. The van der Waals surface area contributed by atoms with Gasteiger partial charge in [0.2, 0.25) is 0 Å². The first-order chi connectivity index (χ1) is 26.5. The van der Waals surface area contributed by atoms with Gasteiger partial charge in [-0.3, -0.25) is 0 Å². The lowest BCUT2D eigenvalue weighted by Crippen LogP contribution is -2.27. The van der Waals surface area contributed by atoms with Gasteiger partial charge < -0.3 is 9.80 Å². The summed E-state index contributed by atoms with van der Waals surface area (Å²) in [5.41, 5.74) is 16.3. The highest BCUT2D eigenvalue weighted by atomic mass is 32.2. The summed E-state index contributed by atoms with van der Waals surface area (Å²) in [6.07, 6.45) is 5.96. The quantitative estimate of drug-likeness (QED) is 0.176. The lowest BCUT2D eigenvalue weighted by atomic mass is 9.82. The molecule has 0 aromatic heterocycles. The lowest BCUT2D eigenvalue weighted by molar-refractivity contribution is 0.660. The minimum atomic E-state index is -0.0270. The summed E-state index contributed by atoms with van der Waals surface area (Å²) in [4.78, 5) is 9.58. The van der Waals surface area contributed by atoms with E-state index in [1.165, 1.54) is 82.0 Å². The monoisotopic (exact) mass is 750 g/mol. The Balaban J connectivity index is 0.990. The van der Waals surface area contributed by atoms with E-state index in [-0.39, 0.29) is 5.41 Å². The molecule has 5 atom stereocenters. The van der Waals surface area contributed by atoms with Crippen LogP contribution in [0.4, 0.5) is 17.1 Å². The van der Waals surface area contributed by atoms with E-state index in [4.69, 9.17) is 0 Å².